The van der Waals surface area contributed by atoms with Gasteiger partial charge in [-0.3, -0.25) is 5.10 Å². The number of nitrogens with zero attached hydrogens (tertiary/aromatic N) is 3. The molecule has 0 fully saturated rings. The Balaban J connectivity index is 1.92. The van der Waals surface area contributed by atoms with Crippen LogP contribution in [0.4, 0.5) is 5.69 Å². The van der Waals surface area contributed by atoms with Crippen molar-refractivity contribution in [2.45, 2.75) is 5.92 Å². The van der Waals surface area contributed by atoms with E-state index >= 15 is 0 Å². The van der Waals surface area contributed by atoms with E-state index in [1.807, 2.05) is 55.4 Å². The van der Waals surface area contributed by atoms with Gasteiger partial charge in [0.1, 0.15) is 11.6 Å². The fourth-order valence-electron chi connectivity index (χ4n) is 3.99. The van der Waals surface area contributed by atoms with Gasteiger partial charge in [-0.2, -0.15) is 5.26 Å². The minimum Gasteiger partial charge on any atom is -0.493 e. The molecule has 2 aromatic carbocycles. The second kappa shape index (κ2) is 8.67. The summed E-state index contributed by atoms with van der Waals surface area (Å²) in [7, 11) is 8.60. The van der Waals surface area contributed by atoms with E-state index in [-0.39, 0.29) is 5.88 Å². The Morgan fingerprint density at radius 1 is 1.06 bits per heavy atom. The van der Waals surface area contributed by atoms with E-state index in [0.717, 1.165) is 16.8 Å². The predicted molar refractivity (Wildman–Crippen MR) is 124 cm³/mol. The molecule has 1 aliphatic rings. The van der Waals surface area contributed by atoms with Crippen LogP contribution in [0.3, 0.4) is 0 Å². The van der Waals surface area contributed by atoms with Crippen molar-refractivity contribution in [2.75, 3.05) is 40.3 Å². The first kappa shape index (κ1) is 21.9. The molecule has 0 bridgehead atoms. The van der Waals surface area contributed by atoms with Crippen molar-refractivity contribution in [3.8, 4) is 40.5 Å². The molecule has 1 aromatic heterocycles. The Labute approximate surface area is 191 Å². The fraction of sp³-hybridized carbons (Fsp3) is 0.250. The lowest BCUT2D eigenvalue weighted by Crippen LogP contribution is -2.21. The number of hydrogen-bond donors (Lipinski definition) is 2. The highest BCUT2D eigenvalue weighted by Gasteiger charge is 2.36. The molecule has 0 saturated carbocycles. The zero-order valence-corrected chi connectivity index (χ0v) is 19.1. The minimum absolute atomic E-state index is 0.0367. The highest BCUT2D eigenvalue weighted by Crippen LogP contribution is 2.48. The third kappa shape index (κ3) is 3.65. The van der Waals surface area contributed by atoms with Gasteiger partial charge in [0, 0.05) is 25.3 Å². The second-order valence-corrected chi connectivity index (χ2v) is 7.64. The monoisotopic (exact) mass is 447 g/mol. The Morgan fingerprint density at radius 3 is 2.21 bits per heavy atom. The van der Waals surface area contributed by atoms with Crippen molar-refractivity contribution in [2.24, 2.45) is 5.73 Å². The number of aromatic nitrogens is 2. The van der Waals surface area contributed by atoms with Gasteiger partial charge in [0.2, 0.25) is 17.5 Å². The van der Waals surface area contributed by atoms with Crippen LogP contribution in [0.15, 0.2) is 47.9 Å². The van der Waals surface area contributed by atoms with Crippen LogP contribution in [0.5, 0.6) is 23.1 Å². The van der Waals surface area contributed by atoms with E-state index < -0.39 is 5.92 Å². The molecule has 0 spiro atoms. The number of rotatable bonds is 6. The van der Waals surface area contributed by atoms with Gasteiger partial charge in [-0.15, -0.1) is 5.10 Å². The fourth-order valence-corrected chi connectivity index (χ4v) is 3.99. The number of nitrogens with two attached hydrogens (primary N) is 1. The van der Waals surface area contributed by atoms with Gasteiger partial charge >= 0.3 is 0 Å². The molecule has 3 N–H and O–H groups in total. The average Bonchev–Trinajstić information content (AvgIpc) is 3.25. The number of H-pyrrole nitrogens is 1. The Bertz CT molecular complexity index is 1230. The number of hydrogen-bond acceptors (Lipinski definition) is 8. The number of aromatic amines is 1. The van der Waals surface area contributed by atoms with Crippen LogP contribution >= 0.6 is 0 Å². The van der Waals surface area contributed by atoms with Crippen molar-refractivity contribution in [3.05, 3.63) is 59.0 Å². The van der Waals surface area contributed by atoms with Crippen LogP contribution in [0, 0.1) is 11.3 Å². The number of ether oxygens (including phenoxy) is 4. The van der Waals surface area contributed by atoms with Gasteiger partial charge in [-0.05, 0) is 29.8 Å². The third-order valence-corrected chi connectivity index (χ3v) is 5.64. The van der Waals surface area contributed by atoms with Crippen molar-refractivity contribution in [1.29, 1.82) is 5.26 Å². The first-order valence-corrected chi connectivity index (χ1v) is 10.2. The minimum atomic E-state index is -0.470. The Hall–Kier alpha value is -4.32. The van der Waals surface area contributed by atoms with E-state index in [1.54, 1.807) is 21.3 Å². The number of benzene rings is 2. The quantitative estimate of drug-likeness (QED) is 0.590. The number of fused-ring (bicyclic) bond motifs is 1. The summed E-state index contributed by atoms with van der Waals surface area (Å²) in [4.78, 5) is 2.01. The zero-order valence-electron chi connectivity index (χ0n) is 19.1. The molecule has 0 unspecified atom stereocenters. The smallest absolute Gasteiger partial charge is 0.244 e. The molecule has 4 rings (SSSR count). The molecule has 170 valence electrons. The van der Waals surface area contributed by atoms with Gasteiger partial charge in [0.05, 0.1) is 38.5 Å². The predicted octanol–water partition coefficient (Wildman–Crippen LogP) is 3.39. The molecule has 3 aromatic rings. The van der Waals surface area contributed by atoms with Gasteiger partial charge in [-0.1, -0.05) is 12.1 Å². The number of nitriles is 1. The van der Waals surface area contributed by atoms with Crippen molar-refractivity contribution < 1.29 is 18.9 Å². The Kier molecular flexibility index (Phi) is 5.75. The van der Waals surface area contributed by atoms with Gasteiger partial charge in [0.15, 0.2) is 11.5 Å². The summed E-state index contributed by atoms with van der Waals surface area (Å²) in [6.07, 6.45) is 0. The SMILES string of the molecule is COc1cc(-c2[nH]nc3c2[C@@H](c2ccc(N(C)C)cc2)C(C#N)=C(N)O3)cc(OC)c1OC. The number of allylic oxidation sites excluding steroid dienone is 1. The van der Waals surface area contributed by atoms with Crippen LogP contribution < -0.4 is 29.6 Å². The van der Waals surface area contributed by atoms with Crippen LogP contribution in [0.1, 0.15) is 17.0 Å². The summed E-state index contributed by atoms with van der Waals surface area (Å²) in [6.45, 7) is 0. The van der Waals surface area contributed by atoms with E-state index in [2.05, 4.69) is 16.3 Å². The number of methoxy groups -OCH3 is 3. The maximum absolute atomic E-state index is 9.93. The summed E-state index contributed by atoms with van der Waals surface area (Å²) in [5.41, 5.74) is 10.4. The molecule has 0 saturated heterocycles. The van der Waals surface area contributed by atoms with Crippen molar-refractivity contribution in [3.63, 3.8) is 0 Å². The maximum atomic E-state index is 9.93. The van der Waals surface area contributed by atoms with E-state index in [1.165, 1.54) is 0 Å². The van der Waals surface area contributed by atoms with Crippen LogP contribution in [0.25, 0.3) is 11.3 Å². The Morgan fingerprint density at radius 2 is 1.70 bits per heavy atom. The highest BCUT2D eigenvalue weighted by atomic mass is 16.5. The maximum Gasteiger partial charge on any atom is 0.244 e. The summed E-state index contributed by atoms with van der Waals surface area (Å²) in [5, 5.41) is 17.3. The summed E-state index contributed by atoms with van der Waals surface area (Å²) >= 11 is 0. The van der Waals surface area contributed by atoms with E-state index in [9.17, 15) is 5.26 Å². The molecule has 1 atom stereocenters. The third-order valence-electron chi connectivity index (χ3n) is 5.64. The van der Waals surface area contributed by atoms with Crippen LogP contribution in [-0.4, -0.2) is 45.6 Å². The lowest BCUT2D eigenvalue weighted by atomic mass is 9.83. The van der Waals surface area contributed by atoms with E-state index in [4.69, 9.17) is 24.7 Å². The van der Waals surface area contributed by atoms with Crippen molar-refractivity contribution in [1.82, 2.24) is 10.2 Å². The first-order chi connectivity index (χ1) is 15.9. The molecule has 0 aliphatic carbocycles. The second-order valence-electron chi connectivity index (χ2n) is 7.64. The topological polar surface area (TPSA) is 119 Å². The normalized spacial score (nSPS) is 14.7. The van der Waals surface area contributed by atoms with Gasteiger partial charge in [0.25, 0.3) is 0 Å². The molecule has 2 heterocycles. The number of anilines is 1. The van der Waals surface area contributed by atoms with Crippen molar-refractivity contribution >= 4 is 5.69 Å². The summed E-state index contributed by atoms with van der Waals surface area (Å²) < 4.78 is 22.2. The molecule has 0 radical (unpaired) electrons. The molecule has 1 aliphatic heterocycles. The summed E-state index contributed by atoms with van der Waals surface area (Å²) in [5.74, 6) is 1.35. The standard InChI is InChI=1S/C24H25N5O4/c1-29(2)15-8-6-13(7-9-15)19-16(12-25)23(26)33-24-20(19)21(27-28-24)14-10-17(30-3)22(32-5)18(11-14)31-4/h6-11,19H,26H2,1-5H3,(H,27,28)/t19-/m0/s1. The van der Waals surface area contributed by atoms with Crippen LogP contribution in [0.2, 0.25) is 0 Å². The lowest BCUT2D eigenvalue weighted by molar-refractivity contribution is 0.324. The summed E-state index contributed by atoms with van der Waals surface area (Å²) in [6, 6.07) is 13.8. The molecule has 0 amide bonds. The molecular weight excluding hydrogens is 422 g/mol. The largest absolute Gasteiger partial charge is 0.493 e. The lowest BCUT2D eigenvalue weighted by Gasteiger charge is -2.25. The van der Waals surface area contributed by atoms with E-state index in [0.29, 0.717) is 40.0 Å². The number of nitrogens with one attached hydrogen (secondary N) is 1. The zero-order chi connectivity index (χ0) is 23.7. The average molecular weight is 447 g/mol. The molecular formula is C24H25N5O4. The highest BCUT2D eigenvalue weighted by molar-refractivity contribution is 5.75. The molecule has 9 nitrogen and oxygen atoms in total. The molecule has 33 heavy (non-hydrogen) atoms. The van der Waals surface area contributed by atoms with Gasteiger partial charge in [-0.25, -0.2) is 0 Å². The first-order valence-electron chi connectivity index (χ1n) is 10.2. The van der Waals surface area contributed by atoms with Crippen LogP contribution in [-0.2, 0) is 0 Å². The van der Waals surface area contributed by atoms with Gasteiger partial charge < -0.3 is 29.6 Å². The molecule has 9 heteroatoms.